The number of halogens is 3. The molecule has 42 nitrogen and oxygen atoms in total. The van der Waals surface area contributed by atoms with Crippen LogP contribution in [0.4, 0.5) is 82.5 Å². The van der Waals surface area contributed by atoms with Crippen LogP contribution in [0.2, 0.25) is 0 Å². The number of aromatic nitrogens is 21. The molecule has 4 amide bonds. The molecule has 4 aliphatic carbocycles. The highest BCUT2D eigenvalue weighted by Gasteiger charge is 2.42. The molecule has 47 heteroatoms. The number of hydrogen-bond donors (Lipinski definition) is 12. The van der Waals surface area contributed by atoms with Gasteiger partial charge in [0.25, 0.3) is 45.9 Å². The molecule has 0 aromatic carbocycles. The monoisotopic (exact) mass is 1810 g/mol. The van der Waals surface area contributed by atoms with Crippen molar-refractivity contribution < 1.29 is 37.1 Å². The number of methoxy groups -OCH3 is 1. The van der Waals surface area contributed by atoms with E-state index in [2.05, 4.69) is 124 Å². The van der Waals surface area contributed by atoms with Gasteiger partial charge in [0.05, 0.1) is 61.9 Å². The highest BCUT2D eigenvalue weighted by atomic mass is 32.1. The van der Waals surface area contributed by atoms with Gasteiger partial charge in [0.2, 0.25) is 0 Å². The Bertz CT molecular complexity index is 7310. The minimum Gasteiger partial charge on any atom is -0.495 e. The number of ether oxygens (including phenoxy) is 1. The minimum absolute atomic E-state index is 0.201. The summed E-state index contributed by atoms with van der Waals surface area (Å²) < 4.78 is 58.2. The van der Waals surface area contributed by atoms with Gasteiger partial charge in [-0.05, 0) is 94.3 Å². The van der Waals surface area contributed by atoms with Crippen LogP contribution < -0.4 is 90.8 Å². The van der Waals surface area contributed by atoms with Gasteiger partial charge in [-0.25, -0.2) is 48.1 Å². The maximum Gasteiger partial charge on any atom is 0.280 e. The smallest absolute Gasteiger partial charge is 0.280 e. The number of hydrogen-bond acceptors (Lipinski definition) is 31. The maximum absolute atomic E-state index is 13.2. The normalized spacial score (nSPS) is 16.2. The molecule has 6 atom stereocenters. The zero-order valence-corrected chi connectivity index (χ0v) is 72.2. The molecule has 0 saturated heterocycles. The molecule has 0 unspecified atom stereocenters. The molecule has 16 heterocycles. The summed E-state index contributed by atoms with van der Waals surface area (Å²) >= 11 is 2.85. The summed E-state index contributed by atoms with van der Waals surface area (Å²) in [5, 5.41) is 57.5. The highest BCUT2D eigenvalue weighted by molar-refractivity contribution is 7.14. The molecule has 0 aliphatic heterocycles. The van der Waals surface area contributed by atoms with E-state index in [0.29, 0.717) is 122 Å². The average molecular weight is 1810 g/mol. The van der Waals surface area contributed by atoms with Crippen molar-refractivity contribution in [3.05, 3.63) is 238 Å². The maximum atomic E-state index is 13.2. The molecule has 130 heavy (non-hydrogen) atoms. The molecule has 0 radical (unpaired) electrons. The standard InChI is InChI=1S/C22H21FN8O3.C21H21FN8O2S.C20H19FN8O2S.C20H21N9O2/c1-24-19-9-17(29-20-13(11-26-31(19)20)21(32)28-16-8-14(16)23)27-15-4-3-7-30(22(15)33)18-6-5-12(34-2)10-25-18;1-10-11(2)33-21(25-10)29-6-4-5-14(20(29)32)26-16-8-17(23-3)30-18(28-16)12(9-24-30)19(31)27-15-7-13(15)22;1-10-8-23-20(32-10)28-5-3-4-13(19(28)31)25-15-7-16(22-2)29-17(27-15)11(9-24-29)18(30)26-14-6-12(14)21;1-21-17-10-15(25-18-13(11-22-29(17)18)19(30)23-12-5-6-12)24-14-4-3-8-28(20(14)31)16-7-9-27(2)26-16/h3-7,9-11,14,16,24H,8H2,1-2H3,(H,27,29)(H,28,32);4-6,8-9,13,15,23H,7H2,1-3H3,(H,26,28)(H,27,31);3-5,7-9,12,14,22H,6H2,1-2H3,(H,25,27)(H,26,30);3-4,7-12,21H,5-6H2,1-2H3,(H,23,30)(H,24,25)/t14-,16+;13-,15+;12-,14+;/m111./s1. The predicted octanol–water partition coefficient (Wildman–Crippen LogP) is 8.05. The number of pyridine rings is 5. The molecule has 4 aliphatic rings. The van der Waals surface area contributed by atoms with E-state index < -0.39 is 54.4 Å². The summed E-state index contributed by atoms with van der Waals surface area (Å²) in [4.78, 5) is 136. The summed E-state index contributed by atoms with van der Waals surface area (Å²) in [5.74, 6) is 3.65. The van der Waals surface area contributed by atoms with E-state index >= 15 is 0 Å². The Morgan fingerprint density at radius 1 is 0.423 bits per heavy atom. The van der Waals surface area contributed by atoms with Crippen LogP contribution in [0.25, 0.3) is 44.5 Å². The van der Waals surface area contributed by atoms with Crippen LogP contribution in [0.5, 0.6) is 5.75 Å². The van der Waals surface area contributed by atoms with Crippen LogP contribution in [0.15, 0.2) is 178 Å². The molecule has 4 fully saturated rings. The Morgan fingerprint density at radius 2 is 0.785 bits per heavy atom. The van der Waals surface area contributed by atoms with Crippen LogP contribution >= 0.6 is 22.7 Å². The molecule has 0 bridgehead atoms. The fourth-order valence-electron chi connectivity index (χ4n) is 13.4. The highest BCUT2D eigenvalue weighted by Crippen LogP contribution is 2.33. The van der Waals surface area contributed by atoms with E-state index in [1.165, 1.54) is 92.6 Å². The van der Waals surface area contributed by atoms with Crippen molar-refractivity contribution >= 4 is 138 Å². The van der Waals surface area contributed by atoms with Gasteiger partial charge in [-0.3, -0.25) is 61.3 Å². The van der Waals surface area contributed by atoms with Crippen LogP contribution in [0.3, 0.4) is 0 Å². The van der Waals surface area contributed by atoms with E-state index in [0.717, 1.165) is 28.3 Å². The summed E-state index contributed by atoms with van der Waals surface area (Å²) in [5.41, 5.74) is 3.09. The van der Waals surface area contributed by atoms with Gasteiger partial charge in [-0.1, -0.05) is 0 Å². The number of nitrogens with one attached hydrogen (secondary N) is 12. The molecule has 4 saturated carbocycles. The Morgan fingerprint density at radius 3 is 1.09 bits per heavy atom. The van der Waals surface area contributed by atoms with Crippen molar-refractivity contribution in [1.82, 2.24) is 123 Å². The number of thiazole rings is 2. The second-order valence-electron chi connectivity index (χ2n) is 30.2. The van der Waals surface area contributed by atoms with E-state index in [9.17, 15) is 51.5 Å². The molecule has 0 spiro atoms. The third-order valence-corrected chi connectivity index (χ3v) is 22.9. The van der Waals surface area contributed by atoms with Gasteiger partial charge < -0.3 is 68.5 Å². The fraction of sp³-hybridized carbons (Fsp3) is 0.253. The third-order valence-electron chi connectivity index (χ3n) is 20.9. The quantitative estimate of drug-likeness (QED) is 0.0257. The summed E-state index contributed by atoms with van der Waals surface area (Å²) in [6.45, 7) is 5.78. The number of rotatable bonds is 25. The molecule has 12 N–H and O–H groups in total. The number of carbonyl (C=O) groups is 4. The summed E-state index contributed by atoms with van der Waals surface area (Å²) in [6.07, 6.45) is 17.1. The summed E-state index contributed by atoms with van der Waals surface area (Å²) in [7, 11) is 10.2. The second-order valence-corrected chi connectivity index (χ2v) is 32.6. The lowest BCUT2D eigenvalue weighted by molar-refractivity contribution is 0.0940. The lowest BCUT2D eigenvalue weighted by atomic mass is 10.3. The van der Waals surface area contributed by atoms with Crippen molar-refractivity contribution in [3.8, 4) is 27.6 Å². The lowest BCUT2D eigenvalue weighted by Crippen LogP contribution is -2.27. The molecular formula is C83H82F3N33O9S2. The lowest BCUT2D eigenvalue weighted by Gasteiger charge is -2.12. The number of alkyl halides is 3. The Kier molecular flexibility index (Phi) is 23.8. The van der Waals surface area contributed by atoms with Gasteiger partial charge in [0.15, 0.2) is 38.7 Å². The van der Waals surface area contributed by atoms with Crippen molar-refractivity contribution in [3.63, 3.8) is 0 Å². The van der Waals surface area contributed by atoms with E-state index in [1.807, 2.05) is 20.8 Å². The SMILES string of the molecule is CNc1cc(Nc2cccn(-c3ccc(OC)cn3)c2=O)nc2c(C(=O)N[C@H]3C[C@H]3F)cnn12.CNc1cc(Nc2cccn(-c3ccn(C)n3)c2=O)nc2c(C(=O)NC3CC3)cnn12.CNc1cc(Nc2cccn(-c3nc(C)c(C)s3)c2=O)nc2c(C(=O)N[C@H]3C[C@H]3F)cnn12.CNc1cc(Nc2cccn(-c3ncc(C)s3)c2=O)nc2c(C(=O)N[C@H]3C[C@H]3F)cnn12. The predicted molar refractivity (Wildman–Crippen MR) is 481 cm³/mol. The number of aryl methyl sites for hydroxylation is 4. The van der Waals surface area contributed by atoms with E-state index in [1.54, 1.807) is 173 Å². The molecule has 16 aromatic rings. The van der Waals surface area contributed by atoms with Crippen molar-refractivity contribution in [1.29, 1.82) is 0 Å². The number of amides is 4. The number of anilines is 12. The van der Waals surface area contributed by atoms with Crippen molar-refractivity contribution in [2.45, 2.75) is 95.6 Å². The van der Waals surface area contributed by atoms with E-state index in [4.69, 9.17) is 4.74 Å². The molecule has 666 valence electrons. The Hall–Kier alpha value is -16.2. The second kappa shape index (κ2) is 36.0. The fourth-order valence-corrected chi connectivity index (χ4v) is 15.0. The topological polar surface area (TPSA) is 487 Å². The van der Waals surface area contributed by atoms with Crippen molar-refractivity contribution in [2.75, 3.05) is 77.8 Å². The zero-order valence-electron chi connectivity index (χ0n) is 70.6. The first-order valence-electron chi connectivity index (χ1n) is 40.6. The average Bonchev–Trinajstić information content (AvgIpc) is 1.53. The Balaban J connectivity index is 0.000000122. The van der Waals surface area contributed by atoms with Gasteiger partial charge in [0.1, 0.15) is 122 Å². The summed E-state index contributed by atoms with van der Waals surface area (Å²) in [6, 6.07) is 24.2. The first-order valence-corrected chi connectivity index (χ1v) is 42.2. The van der Waals surface area contributed by atoms with Gasteiger partial charge in [0, 0.05) is 138 Å². The van der Waals surface area contributed by atoms with Crippen LogP contribution in [0.1, 0.15) is 89.0 Å². The van der Waals surface area contributed by atoms with E-state index in [-0.39, 0.29) is 73.5 Å². The van der Waals surface area contributed by atoms with Crippen LogP contribution in [-0.2, 0) is 7.05 Å². The molecule has 20 rings (SSSR count). The first kappa shape index (κ1) is 85.9. The number of fused-ring (bicyclic) bond motifs is 4. The third kappa shape index (κ3) is 18.2. The molecule has 16 aromatic heterocycles. The Labute approximate surface area is 740 Å². The van der Waals surface area contributed by atoms with Crippen molar-refractivity contribution in [2.24, 2.45) is 7.05 Å². The minimum atomic E-state index is -1.02. The van der Waals surface area contributed by atoms with Gasteiger partial charge >= 0.3 is 0 Å². The first-order chi connectivity index (χ1) is 62.8. The number of carbonyl (C=O) groups excluding carboxylic acids is 4. The van der Waals surface area contributed by atoms with Crippen LogP contribution in [-0.4, -0.2) is 203 Å². The van der Waals surface area contributed by atoms with Gasteiger partial charge in [-0.15, -0.1) is 22.7 Å². The zero-order chi connectivity index (χ0) is 91.0. The molecular weight excluding hydrogens is 1720 g/mol. The van der Waals surface area contributed by atoms with Gasteiger partial charge in [-0.2, -0.15) is 43.6 Å². The number of nitrogens with zero attached hydrogens (tertiary/aromatic N) is 21. The largest absolute Gasteiger partial charge is 0.495 e. The van der Waals surface area contributed by atoms with Crippen LogP contribution in [0, 0.1) is 20.8 Å².